The zero-order valence-electron chi connectivity index (χ0n) is 14.1. The lowest BCUT2D eigenvalue weighted by Crippen LogP contribution is -2.42. The first-order chi connectivity index (χ1) is 11.9. The minimum absolute atomic E-state index is 0.124. The molecule has 3 rings (SSSR count). The van der Waals surface area contributed by atoms with Gasteiger partial charge >= 0.3 is 0 Å². The largest absolute Gasteiger partial charge is 0.360 e. The predicted octanol–water partition coefficient (Wildman–Crippen LogP) is 0.568. The Morgan fingerprint density at radius 1 is 1.28 bits per heavy atom. The van der Waals surface area contributed by atoms with Crippen molar-refractivity contribution in [2.75, 3.05) is 18.4 Å². The van der Waals surface area contributed by atoms with Crippen molar-refractivity contribution >= 4 is 17.6 Å². The molecule has 1 aliphatic rings. The average molecular weight is 345 g/mol. The minimum Gasteiger partial charge on any atom is -0.360 e. The van der Waals surface area contributed by atoms with Gasteiger partial charge in [0.25, 0.3) is 11.5 Å². The highest BCUT2D eigenvalue weighted by molar-refractivity contribution is 5.93. The van der Waals surface area contributed by atoms with Crippen molar-refractivity contribution in [3.05, 3.63) is 40.0 Å². The molecule has 0 unspecified atom stereocenters. The summed E-state index contributed by atoms with van der Waals surface area (Å²) >= 11 is 0. The zero-order valence-corrected chi connectivity index (χ0v) is 14.1. The van der Waals surface area contributed by atoms with Gasteiger partial charge in [-0.25, -0.2) is 4.68 Å². The lowest BCUT2D eigenvalue weighted by atomic mass is 9.95. The first-order valence-corrected chi connectivity index (χ1v) is 8.02. The summed E-state index contributed by atoms with van der Waals surface area (Å²) in [5, 5.41) is 10.4. The minimum atomic E-state index is -0.268. The summed E-state index contributed by atoms with van der Waals surface area (Å²) in [6.07, 6.45) is 1.11. The third kappa shape index (κ3) is 3.76. The summed E-state index contributed by atoms with van der Waals surface area (Å²) in [5.41, 5.74) is -0.0434. The van der Waals surface area contributed by atoms with Crippen LogP contribution in [0.3, 0.4) is 0 Å². The second kappa shape index (κ2) is 6.88. The van der Waals surface area contributed by atoms with Crippen LogP contribution in [-0.4, -0.2) is 44.7 Å². The Balaban J connectivity index is 1.57. The van der Waals surface area contributed by atoms with Gasteiger partial charge in [0.05, 0.1) is 0 Å². The van der Waals surface area contributed by atoms with Crippen molar-refractivity contribution < 1.29 is 14.1 Å². The number of likely N-dealkylation sites (tertiary alicyclic amines) is 1. The van der Waals surface area contributed by atoms with Crippen LogP contribution in [0, 0.1) is 12.8 Å². The van der Waals surface area contributed by atoms with E-state index in [2.05, 4.69) is 15.6 Å². The topological polar surface area (TPSA) is 110 Å². The Morgan fingerprint density at radius 3 is 2.60 bits per heavy atom. The molecule has 0 spiro atoms. The quantitative estimate of drug-likeness (QED) is 0.871. The van der Waals surface area contributed by atoms with E-state index in [1.54, 1.807) is 17.9 Å². The van der Waals surface area contributed by atoms with Crippen LogP contribution >= 0.6 is 0 Å². The molecule has 1 fully saturated rings. The SMILES string of the molecule is Cc1cc(NC(=O)C2CCN(C(=O)c3ccc(=O)n(C)n3)CC2)no1. The van der Waals surface area contributed by atoms with E-state index in [-0.39, 0.29) is 29.0 Å². The number of hydrogen-bond donors (Lipinski definition) is 1. The summed E-state index contributed by atoms with van der Waals surface area (Å²) in [6, 6.07) is 4.40. The molecule has 1 aliphatic heterocycles. The summed E-state index contributed by atoms with van der Waals surface area (Å²) in [4.78, 5) is 37.7. The Labute approximate surface area is 143 Å². The molecule has 2 aromatic heterocycles. The Hall–Kier alpha value is -2.97. The summed E-state index contributed by atoms with van der Waals surface area (Å²) in [7, 11) is 1.50. The van der Waals surface area contributed by atoms with E-state index in [0.29, 0.717) is 37.5 Å². The lowest BCUT2D eigenvalue weighted by molar-refractivity contribution is -0.121. The first kappa shape index (κ1) is 16.9. The predicted molar refractivity (Wildman–Crippen MR) is 88.0 cm³/mol. The van der Waals surface area contributed by atoms with E-state index < -0.39 is 0 Å². The molecule has 0 radical (unpaired) electrons. The molecule has 9 nitrogen and oxygen atoms in total. The number of nitrogens with zero attached hydrogens (tertiary/aromatic N) is 4. The number of amides is 2. The van der Waals surface area contributed by atoms with E-state index in [9.17, 15) is 14.4 Å². The fourth-order valence-corrected chi connectivity index (χ4v) is 2.78. The van der Waals surface area contributed by atoms with Crippen LogP contribution in [0.5, 0.6) is 0 Å². The fraction of sp³-hybridized carbons (Fsp3) is 0.438. The number of aromatic nitrogens is 3. The second-order valence-electron chi connectivity index (χ2n) is 6.06. The van der Waals surface area contributed by atoms with E-state index in [0.717, 1.165) is 4.68 Å². The molecule has 132 valence electrons. The van der Waals surface area contributed by atoms with Crippen molar-refractivity contribution in [3.8, 4) is 0 Å². The molecule has 0 atom stereocenters. The maximum atomic E-state index is 12.5. The summed E-state index contributed by atoms with van der Waals surface area (Å²) in [6.45, 7) is 2.67. The number of piperidine rings is 1. The Kier molecular flexibility index (Phi) is 4.64. The fourth-order valence-electron chi connectivity index (χ4n) is 2.78. The van der Waals surface area contributed by atoms with E-state index in [1.807, 2.05) is 0 Å². The van der Waals surface area contributed by atoms with Gasteiger partial charge in [-0.3, -0.25) is 14.4 Å². The van der Waals surface area contributed by atoms with Crippen molar-refractivity contribution in [1.29, 1.82) is 0 Å². The smallest absolute Gasteiger partial charge is 0.274 e. The average Bonchev–Trinajstić information content (AvgIpc) is 3.01. The van der Waals surface area contributed by atoms with Crippen molar-refractivity contribution in [1.82, 2.24) is 19.8 Å². The molecule has 1 N–H and O–H groups in total. The monoisotopic (exact) mass is 345 g/mol. The number of rotatable bonds is 3. The van der Waals surface area contributed by atoms with Crippen molar-refractivity contribution in [2.45, 2.75) is 19.8 Å². The molecule has 0 aromatic carbocycles. The van der Waals surface area contributed by atoms with Gasteiger partial charge in [-0.2, -0.15) is 5.10 Å². The highest BCUT2D eigenvalue weighted by Crippen LogP contribution is 2.20. The number of aryl methyl sites for hydroxylation is 2. The Morgan fingerprint density at radius 2 is 2.00 bits per heavy atom. The van der Waals surface area contributed by atoms with Gasteiger partial charge in [-0.1, -0.05) is 5.16 Å². The zero-order chi connectivity index (χ0) is 18.0. The number of nitrogens with one attached hydrogen (secondary N) is 1. The molecule has 25 heavy (non-hydrogen) atoms. The molecule has 0 bridgehead atoms. The van der Waals surface area contributed by atoms with Crippen LogP contribution in [-0.2, 0) is 11.8 Å². The van der Waals surface area contributed by atoms with Crippen molar-refractivity contribution in [2.24, 2.45) is 13.0 Å². The molecule has 1 saturated heterocycles. The second-order valence-corrected chi connectivity index (χ2v) is 6.06. The lowest BCUT2D eigenvalue weighted by Gasteiger charge is -2.30. The summed E-state index contributed by atoms with van der Waals surface area (Å²) in [5.74, 6) is 0.479. The third-order valence-electron chi connectivity index (χ3n) is 4.21. The van der Waals surface area contributed by atoms with Crippen LogP contribution in [0.1, 0.15) is 29.1 Å². The van der Waals surface area contributed by atoms with E-state index in [1.165, 1.54) is 19.2 Å². The number of anilines is 1. The molecular weight excluding hydrogens is 326 g/mol. The molecule has 2 amide bonds. The van der Waals surface area contributed by atoms with Gasteiger partial charge in [0.1, 0.15) is 11.5 Å². The number of carbonyl (C=O) groups is 2. The van der Waals surface area contributed by atoms with E-state index in [4.69, 9.17) is 4.52 Å². The van der Waals surface area contributed by atoms with Crippen LogP contribution in [0.25, 0.3) is 0 Å². The van der Waals surface area contributed by atoms with Crippen molar-refractivity contribution in [3.63, 3.8) is 0 Å². The maximum absolute atomic E-state index is 12.5. The number of hydrogen-bond acceptors (Lipinski definition) is 6. The molecule has 0 saturated carbocycles. The van der Waals surface area contributed by atoms with Gasteiger partial charge in [0.15, 0.2) is 5.82 Å². The standard InChI is InChI=1S/C16H19N5O4/c1-10-9-13(19-25-10)17-15(23)11-5-7-21(8-6-11)16(24)12-3-4-14(22)20(2)18-12/h3-4,9,11H,5-8H2,1-2H3,(H,17,19,23). The van der Waals surface area contributed by atoms with Gasteiger partial charge in [-0.15, -0.1) is 0 Å². The molecule has 0 aliphatic carbocycles. The van der Waals surface area contributed by atoms with Gasteiger partial charge in [0, 0.05) is 38.2 Å². The molecule has 2 aromatic rings. The van der Waals surface area contributed by atoms with Gasteiger partial charge in [0.2, 0.25) is 5.91 Å². The van der Waals surface area contributed by atoms with Gasteiger partial charge < -0.3 is 14.7 Å². The van der Waals surface area contributed by atoms with Crippen LogP contribution in [0.15, 0.2) is 27.5 Å². The van der Waals surface area contributed by atoms with Crippen LogP contribution in [0.4, 0.5) is 5.82 Å². The third-order valence-corrected chi connectivity index (χ3v) is 4.21. The van der Waals surface area contributed by atoms with E-state index >= 15 is 0 Å². The Bertz CT molecular complexity index is 848. The highest BCUT2D eigenvalue weighted by Gasteiger charge is 2.29. The van der Waals surface area contributed by atoms with Gasteiger partial charge in [-0.05, 0) is 25.8 Å². The molecular formula is C16H19N5O4. The maximum Gasteiger partial charge on any atom is 0.274 e. The number of carbonyl (C=O) groups excluding carboxylic acids is 2. The highest BCUT2D eigenvalue weighted by atomic mass is 16.5. The first-order valence-electron chi connectivity index (χ1n) is 8.02. The summed E-state index contributed by atoms with van der Waals surface area (Å²) < 4.78 is 6.05. The van der Waals surface area contributed by atoms with Crippen LogP contribution < -0.4 is 10.9 Å². The molecule has 9 heteroatoms. The van der Waals surface area contributed by atoms with Crippen LogP contribution in [0.2, 0.25) is 0 Å². The normalized spacial score (nSPS) is 15.2. The molecule has 3 heterocycles.